The number of aliphatic hydroxyl groups is 2. The van der Waals surface area contributed by atoms with Gasteiger partial charge in [-0.3, -0.25) is 0 Å². The molecular formula is C30H32O8. The van der Waals surface area contributed by atoms with Gasteiger partial charge in [-0.05, 0) is 62.1 Å². The van der Waals surface area contributed by atoms with E-state index in [4.69, 9.17) is 18.9 Å². The van der Waals surface area contributed by atoms with Crippen LogP contribution in [0.2, 0.25) is 0 Å². The van der Waals surface area contributed by atoms with Gasteiger partial charge in [-0.1, -0.05) is 43.3 Å². The van der Waals surface area contributed by atoms with Gasteiger partial charge >= 0.3 is 11.9 Å². The van der Waals surface area contributed by atoms with Crippen LogP contribution in [0.1, 0.15) is 55.9 Å². The third-order valence-electron chi connectivity index (χ3n) is 9.05. The molecule has 2 bridgehead atoms. The van der Waals surface area contributed by atoms with Crippen LogP contribution in [0.3, 0.4) is 0 Å². The zero-order valence-electron chi connectivity index (χ0n) is 21.7. The van der Waals surface area contributed by atoms with Crippen LogP contribution in [0.5, 0.6) is 11.5 Å². The van der Waals surface area contributed by atoms with E-state index >= 15 is 0 Å². The van der Waals surface area contributed by atoms with Gasteiger partial charge in [0.2, 0.25) is 6.10 Å². The average molecular weight is 521 g/mol. The molecule has 0 amide bonds. The highest BCUT2D eigenvalue weighted by Gasteiger charge is 2.72. The highest BCUT2D eigenvalue weighted by molar-refractivity contribution is 5.83. The second-order valence-electron chi connectivity index (χ2n) is 11.0. The summed E-state index contributed by atoms with van der Waals surface area (Å²) in [5, 5.41) is 22.1. The third kappa shape index (κ3) is 3.36. The van der Waals surface area contributed by atoms with Gasteiger partial charge in [-0.25, -0.2) is 9.59 Å². The summed E-state index contributed by atoms with van der Waals surface area (Å²) in [5.41, 5.74) is 0.652. The number of rotatable bonds is 6. The predicted molar refractivity (Wildman–Crippen MR) is 135 cm³/mol. The van der Waals surface area contributed by atoms with Crippen molar-refractivity contribution in [2.24, 2.45) is 11.8 Å². The molecule has 200 valence electrons. The molecule has 6 rings (SSSR count). The van der Waals surface area contributed by atoms with E-state index in [1.807, 2.05) is 6.07 Å². The molecule has 2 aromatic rings. The summed E-state index contributed by atoms with van der Waals surface area (Å²) < 4.78 is 23.5. The SMILES string of the molecule is COc1ccc2c3c1O[C@H]1C(OC(=O)[C@@H](OC(=O)[C@H](C)O)c4ccccc4)=CC[C@@]4(O)[C@@H](C2)C(C)CC[C@]314. The molecule has 0 radical (unpaired) electrons. The first-order valence-electron chi connectivity index (χ1n) is 13.2. The van der Waals surface area contributed by atoms with Crippen molar-refractivity contribution in [1.82, 2.24) is 0 Å². The van der Waals surface area contributed by atoms with E-state index in [2.05, 4.69) is 13.0 Å². The molecule has 4 aliphatic rings. The molecule has 1 heterocycles. The van der Waals surface area contributed by atoms with Gasteiger partial charge in [0.05, 0.1) is 18.1 Å². The van der Waals surface area contributed by atoms with E-state index in [9.17, 15) is 19.8 Å². The summed E-state index contributed by atoms with van der Waals surface area (Å²) in [4.78, 5) is 25.8. The number of methoxy groups -OCH3 is 1. The lowest BCUT2D eigenvalue weighted by molar-refractivity contribution is -0.179. The Bertz CT molecular complexity index is 1320. The van der Waals surface area contributed by atoms with Gasteiger partial charge < -0.3 is 29.2 Å². The van der Waals surface area contributed by atoms with Crippen molar-refractivity contribution in [1.29, 1.82) is 0 Å². The van der Waals surface area contributed by atoms with Crippen molar-refractivity contribution < 1.29 is 38.7 Å². The second kappa shape index (κ2) is 8.85. The average Bonchev–Trinajstić information content (AvgIpc) is 3.27. The van der Waals surface area contributed by atoms with Crippen LogP contribution in [0.15, 0.2) is 54.3 Å². The van der Waals surface area contributed by atoms with Crippen LogP contribution in [-0.4, -0.2) is 47.1 Å². The molecule has 1 unspecified atom stereocenters. The molecular weight excluding hydrogens is 488 g/mol. The van der Waals surface area contributed by atoms with Gasteiger partial charge in [0.15, 0.2) is 17.6 Å². The monoisotopic (exact) mass is 520 g/mol. The van der Waals surface area contributed by atoms with E-state index in [1.165, 1.54) is 6.92 Å². The maximum atomic E-state index is 13.6. The molecule has 7 atom stereocenters. The minimum absolute atomic E-state index is 0.0340. The largest absolute Gasteiger partial charge is 0.493 e. The number of hydrogen-bond acceptors (Lipinski definition) is 8. The molecule has 8 heteroatoms. The Morgan fingerprint density at radius 3 is 2.61 bits per heavy atom. The maximum Gasteiger partial charge on any atom is 0.357 e. The summed E-state index contributed by atoms with van der Waals surface area (Å²) in [6, 6.07) is 12.5. The first kappa shape index (κ1) is 24.9. The standard InChI is InChI=1S/C30H32O8/c1-16-11-13-29-23-19-9-10-21(35-3)25(23)37-26(29)22(12-14-30(29,34)20(16)15-19)36-28(33)24(38-27(32)17(2)31)18-7-5-4-6-8-18/h4-10,12,16-17,20,24,26,31,34H,11,13-15H2,1-3H3/t16?,17-,20-,24-,26-,29-,30+/m0/s1. The lowest BCUT2D eigenvalue weighted by Gasteiger charge is -2.61. The zero-order chi connectivity index (χ0) is 26.8. The van der Waals surface area contributed by atoms with Crippen molar-refractivity contribution in [3.63, 3.8) is 0 Å². The number of ether oxygens (including phenoxy) is 4. The quantitative estimate of drug-likeness (QED) is 0.557. The van der Waals surface area contributed by atoms with Crippen LogP contribution in [-0.2, 0) is 30.9 Å². The van der Waals surface area contributed by atoms with E-state index in [-0.39, 0.29) is 11.7 Å². The fourth-order valence-electron chi connectivity index (χ4n) is 7.23. The number of carbonyl (C=O) groups is 2. The van der Waals surface area contributed by atoms with Gasteiger partial charge in [0.1, 0.15) is 11.9 Å². The summed E-state index contributed by atoms with van der Waals surface area (Å²) >= 11 is 0. The minimum Gasteiger partial charge on any atom is -0.493 e. The number of benzene rings is 2. The number of aliphatic hydroxyl groups excluding tert-OH is 1. The fraction of sp³-hybridized carbons (Fsp3) is 0.467. The van der Waals surface area contributed by atoms with E-state index in [0.717, 1.165) is 24.0 Å². The highest BCUT2D eigenvalue weighted by Crippen LogP contribution is 2.68. The molecule has 38 heavy (non-hydrogen) atoms. The summed E-state index contributed by atoms with van der Waals surface area (Å²) in [6.45, 7) is 3.47. The Labute approximate surface area is 221 Å². The number of esters is 2. The van der Waals surface area contributed by atoms with Crippen LogP contribution in [0.25, 0.3) is 0 Å². The Morgan fingerprint density at radius 1 is 1.13 bits per heavy atom. The molecule has 1 aliphatic heterocycles. The van der Waals surface area contributed by atoms with Crippen molar-refractivity contribution in [2.45, 2.75) is 68.9 Å². The molecule has 0 aromatic heterocycles. The van der Waals surface area contributed by atoms with Crippen molar-refractivity contribution >= 4 is 11.9 Å². The Hall–Kier alpha value is -3.36. The lowest BCUT2D eigenvalue weighted by Crippen LogP contribution is -2.69. The van der Waals surface area contributed by atoms with Crippen LogP contribution >= 0.6 is 0 Å². The Kier molecular flexibility index (Phi) is 5.81. The third-order valence-corrected chi connectivity index (χ3v) is 9.05. The first-order valence-corrected chi connectivity index (χ1v) is 13.2. The minimum atomic E-state index is -1.40. The topological polar surface area (TPSA) is 112 Å². The first-order chi connectivity index (χ1) is 18.2. The van der Waals surface area contributed by atoms with E-state index in [1.54, 1.807) is 43.5 Å². The Morgan fingerprint density at radius 2 is 1.89 bits per heavy atom. The Balaban J connectivity index is 1.40. The number of hydrogen-bond donors (Lipinski definition) is 2. The predicted octanol–water partition coefficient (Wildman–Crippen LogP) is 3.52. The molecule has 2 N–H and O–H groups in total. The maximum absolute atomic E-state index is 13.6. The van der Waals surface area contributed by atoms with E-state index < -0.39 is 41.3 Å². The molecule has 0 saturated heterocycles. The summed E-state index contributed by atoms with van der Waals surface area (Å²) in [6.07, 6.45) is 0.856. The molecule has 3 aliphatic carbocycles. The van der Waals surface area contributed by atoms with Crippen molar-refractivity contribution in [3.8, 4) is 11.5 Å². The van der Waals surface area contributed by atoms with Crippen LogP contribution < -0.4 is 9.47 Å². The lowest BCUT2D eigenvalue weighted by atomic mass is 9.45. The summed E-state index contributed by atoms with van der Waals surface area (Å²) in [7, 11) is 1.58. The van der Waals surface area contributed by atoms with Crippen LogP contribution in [0, 0.1) is 11.8 Å². The van der Waals surface area contributed by atoms with E-state index in [0.29, 0.717) is 35.8 Å². The molecule has 2 aromatic carbocycles. The zero-order valence-corrected chi connectivity index (χ0v) is 21.7. The van der Waals surface area contributed by atoms with Crippen molar-refractivity contribution in [3.05, 3.63) is 71.0 Å². The fourth-order valence-corrected chi connectivity index (χ4v) is 7.23. The number of carbonyl (C=O) groups excluding carboxylic acids is 2. The molecule has 1 saturated carbocycles. The molecule has 1 fully saturated rings. The van der Waals surface area contributed by atoms with Gasteiger partial charge in [-0.2, -0.15) is 0 Å². The summed E-state index contributed by atoms with van der Waals surface area (Å²) in [5.74, 6) is 0.0691. The van der Waals surface area contributed by atoms with Crippen molar-refractivity contribution in [2.75, 3.05) is 7.11 Å². The second-order valence-corrected chi connectivity index (χ2v) is 11.0. The molecule has 1 spiro atoms. The van der Waals surface area contributed by atoms with Gasteiger partial charge in [-0.15, -0.1) is 0 Å². The smallest absolute Gasteiger partial charge is 0.357 e. The molecule has 8 nitrogen and oxygen atoms in total. The highest BCUT2D eigenvalue weighted by atomic mass is 16.6. The van der Waals surface area contributed by atoms with Gasteiger partial charge in [0, 0.05) is 11.1 Å². The normalized spacial score (nSPS) is 31.7. The van der Waals surface area contributed by atoms with Gasteiger partial charge in [0.25, 0.3) is 0 Å². The van der Waals surface area contributed by atoms with Crippen LogP contribution in [0.4, 0.5) is 0 Å².